The lowest BCUT2D eigenvalue weighted by Gasteiger charge is -2.16. The summed E-state index contributed by atoms with van der Waals surface area (Å²) in [4.78, 5) is 13.5. The minimum absolute atomic E-state index is 0.0870. The minimum atomic E-state index is -0.991. The van der Waals surface area contributed by atoms with E-state index < -0.39 is 5.97 Å². The van der Waals surface area contributed by atoms with Crippen LogP contribution in [0, 0.1) is 0 Å². The van der Waals surface area contributed by atoms with Gasteiger partial charge in [-0.15, -0.1) is 0 Å². The van der Waals surface area contributed by atoms with E-state index in [1.54, 1.807) is 17.8 Å². The zero-order valence-electron chi connectivity index (χ0n) is 13.7. The van der Waals surface area contributed by atoms with Crippen LogP contribution < -0.4 is 0 Å². The molecule has 1 saturated heterocycles. The van der Waals surface area contributed by atoms with Crippen LogP contribution in [0.25, 0.3) is 11.3 Å². The van der Waals surface area contributed by atoms with Gasteiger partial charge in [-0.1, -0.05) is 18.2 Å². The van der Waals surface area contributed by atoms with Gasteiger partial charge in [0.25, 0.3) is 0 Å². The Labute approximate surface area is 136 Å². The quantitative estimate of drug-likeness (QED) is 0.946. The molecule has 2 heterocycles. The molecule has 3 rings (SSSR count). The van der Waals surface area contributed by atoms with Gasteiger partial charge in [-0.25, -0.2) is 4.79 Å². The Hall–Kier alpha value is -2.14. The maximum Gasteiger partial charge on any atom is 0.356 e. The molecule has 2 aromatic rings. The number of rotatable bonds is 3. The van der Waals surface area contributed by atoms with Crippen LogP contribution in [0.1, 0.15) is 41.2 Å². The van der Waals surface area contributed by atoms with Crippen LogP contribution in [0.5, 0.6) is 0 Å². The van der Waals surface area contributed by atoms with Gasteiger partial charge in [0, 0.05) is 12.6 Å². The molecule has 0 radical (unpaired) electrons. The van der Waals surface area contributed by atoms with E-state index >= 15 is 0 Å². The fraction of sp³-hybridized carbons (Fsp3) is 0.444. The molecule has 1 atom stereocenters. The van der Waals surface area contributed by atoms with Gasteiger partial charge in [-0.2, -0.15) is 5.10 Å². The molecule has 5 nitrogen and oxygen atoms in total. The summed E-state index contributed by atoms with van der Waals surface area (Å²) in [5.41, 5.74) is 3.30. The first-order chi connectivity index (χ1) is 11.0. The number of carboxylic acid groups (broad SMARTS) is 1. The van der Waals surface area contributed by atoms with Crippen molar-refractivity contribution in [1.29, 1.82) is 0 Å². The lowest BCUT2D eigenvalue weighted by molar-refractivity contribution is 0.0689. The monoisotopic (exact) mass is 313 g/mol. The van der Waals surface area contributed by atoms with Crippen molar-refractivity contribution in [1.82, 2.24) is 14.7 Å². The molecule has 122 valence electrons. The Balaban J connectivity index is 1.89. The number of nitrogens with zero attached hydrogens (tertiary/aromatic N) is 3. The number of carboxylic acids is 1. The molecule has 1 aliphatic rings. The fourth-order valence-electron chi connectivity index (χ4n) is 3.37. The van der Waals surface area contributed by atoms with Crippen LogP contribution in [0.3, 0.4) is 0 Å². The topological polar surface area (TPSA) is 58.4 Å². The van der Waals surface area contributed by atoms with Crippen molar-refractivity contribution >= 4 is 5.97 Å². The molecule has 0 bridgehead atoms. The summed E-state index contributed by atoms with van der Waals surface area (Å²) in [5, 5.41) is 13.2. The van der Waals surface area contributed by atoms with E-state index in [1.165, 1.54) is 31.4 Å². The number of aryl methyl sites for hydroxylation is 1. The second kappa shape index (κ2) is 6.54. The number of likely N-dealkylation sites (tertiary alicyclic amines) is 1. The van der Waals surface area contributed by atoms with E-state index in [1.807, 2.05) is 6.07 Å². The van der Waals surface area contributed by atoms with E-state index in [2.05, 4.69) is 35.2 Å². The smallest absolute Gasteiger partial charge is 0.356 e. The van der Waals surface area contributed by atoms with Crippen molar-refractivity contribution in [2.45, 2.75) is 25.2 Å². The highest BCUT2D eigenvalue weighted by Crippen LogP contribution is 2.30. The Morgan fingerprint density at radius 3 is 2.78 bits per heavy atom. The molecule has 1 fully saturated rings. The summed E-state index contributed by atoms with van der Waals surface area (Å²) in [7, 11) is 3.97. The van der Waals surface area contributed by atoms with Gasteiger partial charge in [0.1, 0.15) is 0 Å². The first-order valence-electron chi connectivity index (χ1n) is 8.11. The van der Waals surface area contributed by atoms with Crippen molar-refractivity contribution < 1.29 is 9.90 Å². The van der Waals surface area contributed by atoms with Crippen LogP contribution in [-0.4, -0.2) is 45.9 Å². The first-order valence-corrected chi connectivity index (χ1v) is 8.11. The number of benzene rings is 1. The molecule has 1 aromatic carbocycles. The third-order valence-electron chi connectivity index (χ3n) is 4.70. The summed E-state index contributed by atoms with van der Waals surface area (Å²) in [6.07, 6.45) is 3.60. The number of aromatic nitrogens is 2. The summed E-state index contributed by atoms with van der Waals surface area (Å²) >= 11 is 0. The molecule has 23 heavy (non-hydrogen) atoms. The number of hydrogen-bond donors (Lipinski definition) is 1. The SMILES string of the molecule is CN1CCCC(c2cccc(-c3cc(C(=O)O)nn3C)c2)CC1. The van der Waals surface area contributed by atoms with E-state index in [4.69, 9.17) is 5.11 Å². The standard InChI is InChI=1S/C18H23N3O2/c1-20-9-4-7-13(8-10-20)14-5-3-6-15(11-14)17-12-16(18(22)23)19-21(17)2/h3,5-6,11-13H,4,7-10H2,1-2H3,(H,22,23). The van der Waals surface area contributed by atoms with E-state index in [0.717, 1.165) is 17.8 Å². The Kier molecular flexibility index (Phi) is 4.48. The molecule has 0 saturated carbocycles. The molecule has 0 amide bonds. The van der Waals surface area contributed by atoms with Gasteiger partial charge in [0.15, 0.2) is 5.69 Å². The van der Waals surface area contributed by atoms with Crippen molar-refractivity contribution in [3.05, 3.63) is 41.6 Å². The molecule has 0 aliphatic carbocycles. The summed E-state index contributed by atoms with van der Waals surface area (Å²) in [6, 6.07) is 10.1. The normalized spacial score (nSPS) is 19.5. The highest BCUT2D eigenvalue weighted by molar-refractivity contribution is 5.87. The van der Waals surface area contributed by atoms with Crippen molar-refractivity contribution in [3.63, 3.8) is 0 Å². The van der Waals surface area contributed by atoms with E-state index in [9.17, 15) is 4.79 Å². The average molecular weight is 313 g/mol. The maximum atomic E-state index is 11.1. The predicted molar refractivity (Wildman–Crippen MR) is 89.7 cm³/mol. The molecule has 0 spiro atoms. The third-order valence-corrected chi connectivity index (χ3v) is 4.70. The molecule has 1 aliphatic heterocycles. The van der Waals surface area contributed by atoms with Crippen LogP contribution >= 0.6 is 0 Å². The van der Waals surface area contributed by atoms with Crippen LogP contribution in [0.2, 0.25) is 0 Å². The molecule has 1 unspecified atom stereocenters. The van der Waals surface area contributed by atoms with E-state index in [-0.39, 0.29) is 5.69 Å². The third kappa shape index (κ3) is 3.45. The van der Waals surface area contributed by atoms with Gasteiger partial charge >= 0.3 is 5.97 Å². The molecule has 5 heteroatoms. The summed E-state index contributed by atoms with van der Waals surface area (Å²) in [5.74, 6) is -0.415. The molecule has 1 aromatic heterocycles. The van der Waals surface area contributed by atoms with Crippen molar-refractivity contribution in [2.24, 2.45) is 7.05 Å². The Morgan fingerprint density at radius 2 is 2.04 bits per heavy atom. The highest BCUT2D eigenvalue weighted by Gasteiger charge is 2.18. The number of hydrogen-bond acceptors (Lipinski definition) is 3. The number of aromatic carboxylic acids is 1. The predicted octanol–water partition coefficient (Wildman–Crippen LogP) is 2.98. The summed E-state index contributed by atoms with van der Waals surface area (Å²) in [6.45, 7) is 2.30. The lowest BCUT2D eigenvalue weighted by atomic mass is 9.90. The zero-order chi connectivity index (χ0) is 16.4. The van der Waals surface area contributed by atoms with Gasteiger partial charge in [-0.05, 0) is 63.0 Å². The molecular formula is C18H23N3O2. The van der Waals surface area contributed by atoms with Crippen molar-refractivity contribution in [2.75, 3.05) is 20.1 Å². The first kappa shape index (κ1) is 15.7. The largest absolute Gasteiger partial charge is 0.476 e. The van der Waals surface area contributed by atoms with E-state index in [0.29, 0.717) is 5.92 Å². The minimum Gasteiger partial charge on any atom is -0.476 e. The van der Waals surface area contributed by atoms with Crippen LogP contribution in [-0.2, 0) is 7.05 Å². The lowest BCUT2D eigenvalue weighted by Crippen LogP contribution is -2.18. The van der Waals surface area contributed by atoms with Gasteiger partial charge in [0.05, 0.1) is 5.69 Å². The second-order valence-corrected chi connectivity index (χ2v) is 6.40. The maximum absolute atomic E-state index is 11.1. The van der Waals surface area contributed by atoms with Gasteiger partial charge in [0.2, 0.25) is 0 Å². The number of carbonyl (C=O) groups is 1. The molecular weight excluding hydrogens is 290 g/mol. The van der Waals surface area contributed by atoms with Crippen molar-refractivity contribution in [3.8, 4) is 11.3 Å². The zero-order valence-corrected chi connectivity index (χ0v) is 13.7. The fourth-order valence-corrected chi connectivity index (χ4v) is 3.37. The summed E-state index contributed by atoms with van der Waals surface area (Å²) < 4.78 is 1.64. The molecule has 1 N–H and O–H groups in total. The second-order valence-electron chi connectivity index (χ2n) is 6.40. The Morgan fingerprint density at radius 1 is 1.22 bits per heavy atom. The van der Waals surface area contributed by atoms with Gasteiger partial charge in [-0.3, -0.25) is 4.68 Å². The average Bonchev–Trinajstić information content (AvgIpc) is 2.79. The van der Waals surface area contributed by atoms with Gasteiger partial charge < -0.3 is 10.0 Å². The van der Waals surface area contributed by atoms with Crippen LogP contribution in [0.15, 0.2) is 30.3 Å². The highest BCUT2D eigenvalue weighted by atomic mass is 16.4. The van der Waals surface area contributed by atoms with Crippen LogP contribution in [0.4, 0.5) is 0 Å². The Bertz CT molecular complexity index is 708.